The van der Waals surface area contributed by atoms with E-state index in [-0.39, 0.29) is 5.82 Å². The molecular formula is C18H21N3O2S2. The van der Waals surface area contributed by atoms with Gasteiger partial charge in [-0.15, -0.1) is 11.3 Å². The van der Waals surface area contributed by atoms with Crippen molar-refractivity contribution in [3.05, 3.63) is 51.4 Å². The van der Waals surface area contributed by atoms with Crippen LogP contribution in [0.25, 0.3) is 10.6 Å². The third-order valence-corrected chi connectivity index (χ3v) is 7.33. The standard InChI is InChI=1S/C18H21N3O2S2/c1-10-11(2)13(4)18(14(5)12(10)3)25(22,23)21-17-9-15(19-20-17)16-7-6-8-24-16/h6-9H,1-5H3,(H2,19,20,21). The maximum Gasteiger partial charge on any atom is 0.263 e. The molecule has 0 fully saturated rings. The Morgan fingerprint density at radius 3 is 2.16 bits per heavy atom. The first-order valence-corrected chi connectivity index (χ1v) is 10.3. The van der Waals surface area contributed by atoms with Crippen molar-refractivity contribution in [3.63, 3.8) is 0 Å². The van der Waals surface area contributed by atoms with Gasteiger partial charge in [0.25, 0.3) is 10.0 Å². The zero-order valence-electron chi connectivity index (χ0n) is 14.9. The maximum absolute atomic E-state index is 13.0. The summed E-state index contributed by atoms with van der Waals surface area (Å²) in [6, 6.07) is 5.61. The number of aromatic amines is 1. The summed E-state index contributed by atoms with van der Waals surface area (Å²) in [6.07, 6.45) is 0. The molecule has 25 heavy (non-hydrogen) atoms. The normalized spacial score (nSPS) is 11.7. The fourth-order valence-electron chi connectivity index (χ4n) is 2.99. The van der Waals surface area contributed by atoms with Crippen molar-refractivity contribution in [2.45, 2.75) is 39.5 Å². The molecule has 0 aliphatic heterocycles. The molecule has 0 aliphatic rings. The number of rotatable bonds is 4. The molecule has 0 unspecified atom stereocenters. The van der Waals surface area contributed by atoms with Crippen LogP contribution in [0.1, 0.15) is 27.8 Å². The number of anilines is 1. The summed E-state index contributed by atoms with van der Waals surface area (Å²) in [7, 11) is -3.72. The quantitative estimate of drug-likeness (QED) is 0.706. The Labute approximate surface area is 152 Å². The molecular weight excluding hydrogens is 354 g/mol. The fourth-order valence-corrected chi connectivity index (χ4v) is 5.28. The van der Waals surface area contributed by atoms with Gasteiger partial charge in [-0.05, 0) is 73.9 Å². The topological polar surface area (TPSA) is 74.8 Å². The van der Waals surface area contributed by atoms with Crippen LogP contribution in [0.5, 0.6) is 0 Å². The predicted molar refractivity (Wildman–Crippen MR) is 103 cm³/mol. The summed E-state index contributed by atoms with van der Waals surface area (Å²) < 4.78 is 28.6. The Balaban J connectivity index is 2.01. The summed E-state index contributed by atoms with van der Waals surface area (Å²) in [5.41, 5.74) is 5.49. The van der Waals surface area contributed by atoms with Crippen LogP contribution in [0.3, 0.4) is 0 Å². The molecule has 2 aromatic heterocycles. The molecule has 3 rings (SSSR count). The van der Waals surface area contributed by atoms with Gasteiger partial charge in [0, 0.05) is 6.07 Å². The van der Waals surface area contributed by atoms with E-state index >= 15 is 0 Å². The third kappa shape index (κ3) is 3.09. The smallest absolute Gasteiger partial charge is 0.263 e. The molecule has 7 heteroatoms. The van der Waals surface area contributed by atoms with Crippen molar-refractivity contribution in [2.75, 3.05) is 4.72 Å². The Morgan fingerprint density at radius 2 is 1.60 bits per heavy atom. The number of H-pyrrole nitrogens is 1. The summed E-state index contributed by atoms with van der Waals surface area (Å²) in [4.78, 5) is 1.35. The Morgan fingerprint density at radius 1 is 1.00 bits per heavy atom. The van der Waals surface area contributed by atoms with E-state index in [1.807, 2.05) is 52.1 Å². The maximum atomic E-state index is 13.0. The number of sulfonamides is 1. The predicted octanol–water partition coefficient (Wildman–Crippen LogP) is 4.48. The zero-order chi connectivity index (χ0) is 18.4. The van der Waals surface area contributed by atoms with Gasteiger partial charge < -0.3 is 0 Å². The van der Waals surface area contributed by atoms with Crippen molar-refractivity contribution in [1.82, 2.24) is 10.2 Å². The SMILES string of the molecule is Cc1c(C)c(C)c(S(=O)(=O)Nc2cc(-c3cccs3)[nH]n2)c(C)c1C. The lowest BCUT2D eigenvalue weighted by atomic mass is 9.95. The zero-order valence-corrected chi connectivity index (χ0v) is 16.5. The van der Waals surface area contributed by atoms with E-state index in [1.54, 1.807) is 17.4 Å². The monoisotopic (exact) mass is 375 g/mol. The number of aromatic nitrogens is 2. The van der Waals surface area contributed by atoms with Crippen molar-refractivity contribution in [1.29, 1.82) is 0 Å². The van der Waals surface area contributed by atoms with Gasteiger partial charge >= 0.3 is 0 Å². The van der Waals surface area contributed by atoms with E-state index < -0.39 is 10.0 Å². The molecule has 0 saturated heterocycles. The fraction of sp³-hybridized carbons (Fsp3) is 0.278. The molecule has 0 aliphatic carbocycles. The first kappa shape index (κ1) is 17.7. The Bertz CT molecular complexity index is 1000. The minimum absolute atomic E-state index is 0.290. The average molecular weight is 376 g/mol. The van der Waals surface area contributed by atoms with Crippen LogP contribution in [0.15, 0.2) is 28.5 Å². The molecule has 2 heterocycles. The third-order valence-electron chi connectivity index (χ3n) is 4.80. The van der Waals surface area contributed by atoms with E-state index in [1.165, 1.54) is 0 Å². The van der Waals surface area contributed by atoms with Gasteiger partial charge in [-0.25, -0.2) is 8.42 Å². The van der Waals surface area contributed by atoms with E-state index in [0.717, 1.165) is 38.4 Å². The minimum atomic E-state index is -3.72. The summed E-state index contributed by atoms with van der Waals surface area (Å²) in [6.45, 7) is 9.64. The van der Waals surface area contributed by atoms with Gasteiger partial charge in [0.15, 0.2) is 5.82 Å². The molecule has 0 amide bonds. The van der Waals surface area contributed by atoms with Gasteiger partial charge in [0.05, 0.1) is 15.5 Å². The second-order valence-corrected chi connectivity index (χ2v) is 8.77. The van der Waals surface area contributed by atoms with Crippen LogP contribution in [0.2, 0.25) is 0 Å². The lowest BCUT2D eigenvalue weighted by molar-refractivity contribution is 0.599. The Hall–Kier alpha value is -2.12. The molecule has 3 aromatic rings. The molecule has 0 radical (unpaired) electrons. The van der Waals surface area contributed by atoms with Crippen molar-refractivity contribution >= 4 is 27.2 Å². The van der Waals surface area contributed by atoms with Crippen molar-refractivity contribution in [2.24, 2.45) is 0 Å². The highest BCUT2D eigenvalue weighted by molar-refractivity contribution is 7.92. The molecule has 0 bridgehead atoms. The summed E-state index contributed by atoms with van der Waals surface area (Å²) in [5, 5.41) is 8.94. The number of thiophene rings is 1. The van der Waals surface area contributed by atoms with E-state index in [4.69, 9.17) is 0 Å². The first-order chi connectivity index (χ1) is 11.7. The summed E-state index contributed by atoms with van der Waals surface area (Å²) >= 11 is 1.57. The highest BCUT2D eigenvalue weighted by Gasteiger charge is 2.24. The summed E-state index contributed by atoms with van der Waals surface area (Å²) in [5.74, 6) is 0.290. The number of nitrogens with one attached hydrogen (secondary N) is 2. The van der Waals surface area contributed by atoms with Gasteiger partial charge in [-0.3, -0.25) is 9.82 Å². The van der Waals surface area contributed by atoms with Gasteiger partial charge in [0.2, 0.25) is 0 Å². The largest absolute Gasteiger partial charge is 0.275 e. The number of benzene rings is 1. The number of nitrogens with zero attached hydrogens (tertiary/aromatic N) is 1. The average Bonchev–Trinajstić information content (AvgIpc) is 3.21. The second-order valence-electron chi connectivity index (χ2n) is 6.20. The molecule has 0 saturated carbocycles. The van der Waals surface area contributed by atoms with E-state index in [9.17, 15) is 8.42 Å². The highest BCUT2D eigenvalue weighted by atomic mass is 32.2. The minimum Gasteiger partial charge on any atom is -0.275 e. The van der Waals surface area contributed by atoms with Crippen LogP contribution in [0, 0.1) is 34.6 Å². The van der Waals surface area contributed by atoms with Crippen molar-refractivity contribution < 1.29 is 8.42 Å². The number of hydrogen-bond donors (Lipinski definition) is 2. The van der Waals surface area contributed by atoms with E-state index in [2.05, 4.69) is 14.9 Å². The van der Waals surface area contributed by atoms with Crippen LogP contribution in [-0.2, 0) is 10.0 Å². The van der Waals surface area contributed by atoms with Gasteiger partial charge in [-0.1, -0.05) is 6.07 Å². The first-order valence-electron chi connectivity index (χ1n) is 7.91. The molecule has 132 valence electrons. The molecule has 0 spiro atoms. The Kier molecular flexibility index (Phi) is 4.47. The highest BCUT2D eigenvalue weighted by Crippen LogP contribution is 2.31. The molecule has 2 N–H and O–H groups in total. The van der Waals surface area contributed by atoms with Gasteiger partial charge in [0.1, 0.15) is 0 Å². The second kappa shape index (κ2) is 6.31. The molecule has 1 aromatic carbocycles. The van der Waals surface area contributed by atoms with Crippen LogP contribution < -0.4 is 4.72 Å². The van der Waals surface area contributed by atoms with Gasteiger partial charge in [-0.2, -0.15) is 5.10 Å². The van der Waals surface area contributed by atoms with Crippen LogP contribution in [0.4, 0.5) is 5.82 Å². The van der Waals surface area contributed by atoms with Crippen molar-refractivity contribution in [3.8, 4) is 10.6 Å². The van der Waals surface area contributed by atoms with Crippen LogP contribution >= 0.6 is 11.3 Å². The lowest BCUT2D eigenvalue weighted by Crippen LogP contribution is -2.18. The molecule has 0 atom stereocenters. The van der Waals surface area contributed by atoms with Crippen LogP contribution in [-0.4, -0.2) is 18.6 Å². The molecule has 5 nitrogen and oxygen atoms in total. The van der Waals surface area contributed by atoms with E-state index in [0.29, 0.717) is 4.90 Å². The number of hydrogen-bond acceptors (Lipinski definition) is 4. The lowest BCUT2D eigenvalue weighted by Gasteiger charge is -2.18.